The average molecular weight is 244 g/mol. The third-order valence-corrected chi connectivity index (χ3v) is 2.79. The fourth-order valence-corrected chi connectivity index (χ4v) is 1.78. The zero-order valence-electron chi connectivity index (χ0n) is 10.8. The van der Waals surface area contributed by atoms with E-state index in [0.29, 0.717) is 12.2 Å². The van der Waals surface area contributed by atoms with Gasteiger partial charge in [0.05, 0.1) is 13.7 Å². The minimum Gasteiger partial charge on any atom is -0.464 e. The fraction of sp³-hybridized carbons (Fsp3) is 0.286. The highest BCUT2D eigenvalue weighted by molar-refractivity contribution is 5.88. The van der Waals surface area contributed by atoms with Gasteiger partial charge in [-0.05, 0) is 19.4 Å². The molecule has 0 radical (unpaired) electrons. The summed E-state index contributed by atoms with van der Waals surface area (Å²) >= 11 is 0. The van der Waals surface area contributed by atoms with Gasteiger partial charge in [0.25, 0.3) is 0 Å². The Morgan fingerprint density at radius 2 is 1.94 bits per heavy atom. The summed E-state index contributed by atoms with van der Waals surface area (Å²) in [7, 11) is 1.36. The molecule has 4 heteroatoms. The van der Waals surface area contributed by atoms with Crippen molar-refractivity contribution in [3.8, 4) is 0 Å². The molecule has 2 rings (SSSR count). The lowest BCUT2D eigenvalue weighted by Crippen LogP contribution is -2.06. The van der Waals surface area contributed by atoms with E-state index in [9.17, 15) is 4.79 Å². The van der Waals surface area contributed by atoms with Crippen LogP contribution in [-0.2, 0) is 11.3 Å². The first-order valence-electron chi connectivity index (χ1n) is 5.78. The molecular weight excluding hydrogens is 228 g/mol. The molecule has 0 saturated carbocycles. The second kappa shape index (κ2) is 5.04. The number of hydrogen-bond donors (Lipinski definition) is 0. The number of esters is 1. The van der Waals surface area contributed by atoms with E-state index in [4.69, 9.17) is 0 Å². The van der Waals surface area contributed by atoms with Crippen LogP contribution >= 0.6 is 0 Å². The Hall–Kier alpha value is -2.10. The Kier molecular flexibility index (Phi) is 3.46. The molecule has 0 atom stereocenters. The number of rotatable bonds is 3. The Morgan fingerprint density at radius 3 is 2.56 bits per heavy atom. The third kappa shape index (κ3) is 2.59. The SMILES string of the molecule is COC(=O)c1nn(Cc2ccc(C)cc2)cc1C. The van der Waals surface area contributed by atoms with Crippen LogP contribution in [0.4, 0.5) is 0 Å². The Morgan fingerprint density at radius 1 is 1.28 bits per heavy atom. The van der Waals surface area contributed by atoms with E-state index in [1.165, 1.54) is 12.7 Å². The summed E-state index contributed by atoms with van der Waals surface area (Å²) in [5.74, 6) is -0.393. The normalized spacial score (nSPS) is 10.4. The Balaban J connectivity index is 2.20. The predicted octanol–water partition coefficient (Wildman–Crippen LogP) is 2.33. The number of methoxy groups -OCH3 is 1. The highest BCUT2D eigenvalue weighted by Gasteiger charge is 2.14. The molecule has 4 nitrogen and oxygen atoms in total. The number of carbonyl (C=O) groups is 1. The number of ether oxygens (including phenoxy) is 1. The van der Waals surface area contributed by atoms with E-state index in [2.05, 4.69) is 41.0 Å². The highest BCUT2D eigenvalue weighted by Crippen LogP contribution is 2.10. The molecule has 94 valence electrons. The van der Waals surface area contributed by atoms with Crippen molar-refractivity contribution in [1.29, 1.82) is 0 Å². The molecule has 0 amide bonds. The van der Waals surface area contributed by atoms with Gasteiger partial charge in [-0.25, -0.2) is 4.79 Å². The summed E-state index contributed by atoms with van der Waals surface area (Å²) in [6.45, 7) is 4.56. The van der Waals surface area contributed by atoms with Gasteiger partial charge in [0.2, 0.25) is 0 Å². The van der Waals surface area contributed by atoms with Crippen LogP contribution < -0.4 is 0 Å². The largest absolute Gasteiger partial charge is 0.464 e. The van der Waals surface area contributed by atoms with Crippen molar-refractivity contribution < 1.29 is 9.53 Å². The smallest absolute Gasteiger partial charge is 0.358 e. The van der Waals surface area contributed by atoms with Crippen LogP contribution in [0, 0.1) is 13.8 Å². The molecule has 1 heterocycles. The third-order valence-electron chi connectivity index (χ3n) is 2.79. The summed E-state index contributed by atoms with van der Waals surface area (Å²) in [6.07, 6.45) is 1.85. The van der Waals surface area contributed by atoms with Crippen LogP contribution in [0.3, 0.4) is 0 Å². The van der Waals surface area contributed by atoms with Gasteiger partial charge in [0, 0.05) is 11.8 Å². The lowest BCUT2D eigenvalue weighted by Gasteiger charge is -2.02. The number of nitrogens with zero attached hydrogens (tertiary/aromatic N) is 2. The average Bonchev–Trinajstić information content (AvgIpc) is 2.72. The van der Waals surface area contributed by atoms with Gasteiger partial charge < -0.3 is 4.74 Å². The second-order valence-electron chi connectivity index (χ2n) is 4.34. The molecule has 1 aromatic carbocycles. The van der Waals surface area contributed by atoms with E-state index in [-0.39, 0.29) is 0 Å². The summed E-state index contributed by atoms with van der Waals surface area (Å²) in [5.41, 5.74) is 3.59. The maximum Gasteiger partial charge on any atom is 0.358 e. The Labute approximate surface area is 106 Å². The van der Waals surface area contributed by atoms with Gasteiger partial charge in [-0.2, -0.15) is 5.10 Å². The van der Waals surface area contributed by atoms with Gasteiger partial charge in [-0.1, -0.05) is 29.8 Å². The Bertz CT molecular complexity index is 556. The van der Waals surface area contributed by atoms with Crippen LogP contribution in [0.25, 0.3) is 0 Å². The lowest BCUT2D eigenvalue weighted by atomic mass is 10.1. The van der Waals surface area contributed by atoms with Gasteiger partial charge in [0.1, 0.15) is 0 Å². The van der Waals surface area contributed by atoms with Crippen LogP contribution in [0.1, 0.15) is 27.2 Å². The monoisotopic (exact) mass is 244 g/mol. The zero-order chi connectivity index (χ0) is 13.1. The molecule has 0 aliphatic carbocycles. The predicted molar refractivity (Wildman–Crippen MR) is 68.6 cm³/mol. The van der Waals surface area contributed by atoms with Crippen LogP contribution in [0.2, 0.25) is 0 Å². The molecule has 0 N–H and O–H groups in total. The summed E-state index contributed by atoms with van der Waals surface area (Å²) in [4.78, 5) is 11.4. The van der Waals surface area contributed by atoms with Crippen LogP contribution in [-0.4, -0.2) is 22.9 Å². The molecule has 0 unspecified atom stereocenters. The number of carbonyl (C=O) groups excluding carboxylic acids is 1. The zero-order valence-corrected chi connectivity index (χ0v) is 10.8. The summed E-state index contributed by atoms with van der Waals surface area (Å²) in [5, 5.41) is 4.24. The van der Waals surface area contributed by atoms with Crippen molar-refractivity contribution in [1.82, 2.24) is 9.78 Å². The molecule has 2 aromatic rings. The minimum absolute atomic E-state index is 0.379. The van der Waals surface area contributed by atoms with Crippen molar-refractivity contribution in [2.75, 3.05) is 7.11 Å². The number of benzene rings is 1. The van der Waals surface area contributed by atoms with Crippen molar-refractivity contribution in [3.05, 3.63) is 52.8 Å². The molecule has 0 spiro atoms. The molecule has 0 fully saturated rings. The molecule has 18 heavy (non-hydrogen) atoms. The maximum atomic E-state index is 11.4. The molecule has 0 bridgehead atoms. The molecule has 1 aromatic heterocycles. The first kappa shape index (κ1) is 12.4. The van der Waals surface area contributed by atoms with Crippen LogP contribution in [0.15, 0.2) is 30.5 Å². The van der Waals surface area contributed by atoms with E-state index in [1.807, 2.05) is 13.1 Å². The van der Waals surface area contributed by atoms with Crippen LogP contribution in [0.5, 0.6) is 0 Å². The first-order chi connectivity index (χ1) is 8.60. The standard InChI is InChI=1S/C14H16N2O2/c1-10-4-6-12(7-5-10)9-16-8-11(2)13(15-16)14(17)18-3/h4-8H,9H2,1-3H3. The van der Waals surface area contributed by atoms with E-state index < -0.39 is 5.97 Å². The van der Waals surface area contributed by atoms with E-state index in [1.54, 1.807) is 4.68 Å². The fourth-order valence-electron chi connectivity index (χ4n) is 1.78. The van der Waals surface area contributed by atoms with Crippen molar-refractivity contribution in [2.24, 2.45) is 0 Å². The molecular formula is C14H16N2O2. The molecule has 0 saturated heterocycles. The number of hydrogen-bond acceptors (Lipinski definition) is 3. The maximum absolute atomic E-state index is 11.4. The summed E-state index contributed by atoms with van der Waals surface area (Å²) in [6, 6.07) is 8.24. The van der Waals surface area contributed by atoms with Gasteiger partial charge in [-0.15, -0.1) is 0 Å². The first-order valence-corrected chi connectivity index (χ1v) is 5.78. The van der Waals surface area contributed by atoms with E-state index in [0.717, 1.165) is 11.1 Å². The molecule has 0 aliphatic heterocycles. The number of aryl methyl sites for hydroxylation is 2. The molecule has 0 aliphatic rings. The van der Waals surface area contributed by atoms with Crippen molar-refractivity contribution >= 4 is 5.97 Å². The lowest BCUT2D eigenvalue weighted by molar-refractivity contribution is 0.0592. The van der Waals surface area contributed by atoms with Crippen molar-refractivity contribution in [3.63, 3.8) is 0 Å². The van der Waals surface area contributed by atoms with Gasteiger partial charge >= 0.3 is 5.97 Å². The quantitative estimate of drug-likeness (QED) is 0.778. The highest BCUT2D eigenvalue weighted by atomic mass is 16.5. The summed E-state index contributed by atoms with van der Waals surface area (Å²) < 4.78 is 6.44. The number of aromatic nitrogens is 2. The second-order valence-corrected chi connectivity index (χ2v) is 4.34. The van der Waals surface area contributed by atoms with Gasteiger partial charge in [-0.3, -0.25) is 4.68 Å². The van der Waals surface area contributed by atoms with Gasteiger partial charge in [0.15, 0.2) is 5.69 Å². The van der Waals surface area contributed by atoms with Crippen molar-refractivity contribution in [2.45, 2.75) is 20.4 Å². The van der Waals surface area contributed by atoms with E-state index >= 15 is 0 Å². The minimum atomic E-state index is -0.393. The topological polar surface area (TPSA) is 44.1 Å².